The molecular formula is C6H12Cl2N2. The molecule has 60 valence electrons. The van der Waals surface area contributed by atoms with Crippen molar-refractivity contribution in [1.82, 2.24) is 0 Å². The molecule has 0 aromatic heterocycles. The predicted octanol–water partition coefficient (Wildman–Crippen LogP) is -2.26. The van der Waals surface area contributed by atoms with Crippen molar-refractivity contribution in [2.75, 3.05) is 13.1 Å². The molecule has 0 saturated carbocycles. The Bertz CT molecular complexity index is 122. The second-order valence-corrected chi connectivity index (χ2v) is 2.76. The number of hydrogen-bond donors (Lipinski definition) is 1. The van der Waals surface area contributed by atoms with Crippen LogP contribution in [0.5, 0.6) is 0 Å². The summed E-state index contributed by atoms with van der Waals surface area (Å²) in [5.74, 6) is 0. The molecule has 0 aliphatic carbocycles. The third-order valence-corrected chi connectivity index (χ3v) is 1.90. The average molecular weight is 183 g/mol. The molecule has 10 heavy (non-hydrogen) atoms. The molecule has 1 aliphatic heterocycles. The van der Waals surface area contributed by atoms with E-state index in [2.05, 4.69) is 0 Å². The zero-order valence-electron chi connectivity index (χ0n) is 5.82. The minimum atomic E-state index is 0. The number of amidine groups is 1. The molecule has 0 radical (unpaired) electrons. The van der Waals surface area contributed by atoms with Crippen LogP contribution in [-0.2, 0) is 0 Å². The first-order valence-corrected chi connectivity index (χ1v) is 3.71. The summed E-state index contributed by atoms with van der Waals surface area (Å²) in [5, 5.41) is 0.453. The van der Waals surface area contributed by atoms with Crippen LogP contribution in [0.2, 0.25) is 0 Å². The lowest BCUT2D eigenvalue weighted by Gasteiger charge is -2.11. The Morgan fingerprint density at radius 3 is 2.00 bits per heavy atom. The third kappa shape index (κ3) is 2.76. The van der Waals surface area contributed by atoms with Crippen LogP contribution in [0.15, 0.2) is 0 Å². The molecule has 2 N–H and O–H groups in total. The highest BCUT2D eigenvalue weighted by atomic mass is 35.5. The summed E-state index contributed by atoms with van der Waals surface area (Å²) in [6.45, 7) is 2.07. The first-order chi connectivity index (χ1) is 4.30. The van der Waals surface area contributed by atoms with Crippen LogP contribution < -0.4 is 18.1 Å². The van der Waals surface area contributed by atoms with Gasteiger partial charge in [-0.2, -0.15) is 0 Å². The van der Waals surface area contributed by atoms with Crippen LogP contribution in [0.4, 0.5) is 0 Å². The van der Waals surface area contributed by atoms with Crippen LogP contribution in [0, 0.1) is 0 Å². The van der Waals surface area contributed by atoms with Crippen molar-refractivity contribution in [2.24, 2.45) is 5.73 Å². The SMILES string of the molecule is NC(Cl)=[N+]1CCCCC1.[Cl-]. The fourth-order valence-electron chi connectivity index (χ4n) is 1.11. The third-order valence-electron chi connectivity index (χ3n) is 1.66. The maximum Gasteiger partial charge on any atom is 0.340 e. The van der Waals surface area contributed by atoms with Gasteiger partial charge in [-0.3, -0.25) is 10.3 Å². The standard InChI is InChI=1S/C6H11ClN2.ClH/c7-6(8)9-4-2-1-3-5-9;/h8H,1-5H2;1H. The molecule has 0 amide bonds. The van der Waals surface area contributed by atoms with E-state index in [1.165, 1.54) is 19.3 Å². The summed E-state index contributed by atoms with van der Waals surface area (Å²) < 4.78 is 2.02. The second-order valence-electron chi connectivity index (χ2n) is 2.37. The van der Waals surface area contributed by atoms with Gasteiger partial charge < -0.3 is 12.4 Å². The van der Waals surface area contributed by atoms with Gasteiger partial charge in [-0.25, -0.2) is 0 Å². The second kappa shape index (κ2) is 4.80. The number of piperidine rings is 1. The predicted molar refractivity (Wildman–Crippen MR) is 38.9 cm³/mol. The number of hydrogen-bond acceptors (Lipinski definition) is 0. The maximum atomic E-state index is 5.58. The van der Waals surface area contributed by atoms with Crippen molar-refractivity contribution >= 4 is 16.9 Å². The minimum absolute atomic E-state index is 0. The smallest absolute Gasteiger partial charge is 0.340 e. The van der Waals surface area contributed by atoms with E-state index in [0.29, 0.717) is 5.29 Å². The van der Waals surface area contributed by atoms with E-state index in [9.17, 15) is 0 Å². The van der Waals surface area contributed by atoms with Crippen molar-refractivity contribution in [3.63, 3.8) is 0 Å². The Balaban J connectivity index is 0.000000810. The lowest BCUT2D eigenvalue weighted by Crippen LogP contribution is -3.00. The van der Waals surface area contributed by atoms with Crippen molar-refractivity contribution in [1.29, 1.82) is 0 Å². The van der Waals surface area contributed by atoms with Gasteiger partial charge in [0, 0.05) is 11.6 Å². The van der Waals surface area contributed by atoms with E-state index in [1.54, 1.807) is 0 Å². The lowest BCUT2D eigenvalue weighted by molar-refractivity contribution is -0.535. The van der Waals surface area contributed by atoms with E-state index >= 15 is 0 Å². The van der Waals surface area contributed by atoms with E-state index in [4.69, 9.17) is 17.3 Å². The summed E-state index contributed by atoms with van der Waals surface area (Å²) in [7, 11) is 0. The fourth-order valence-corrected chi connectivity index (χ4v) is 1.28. The summed E-state index contributed by atoms with van der Waals surface area (Å²) in [5.41, 5.74) is 5.38. The molecule has 4 heteroatoms. The van der Waals surface area contributed by atoms with Gasteiger partial charge in [0.2, 0.25) is 0 Å². The lowest BCUT2D eigenvalue weighted by atomic mass is 10.2. The fraction of sp³-hybridized carbons (Fsp3) is 0.833. The quantitative estimate of drug-likeness (QED) is 0.256. The van der Waals surface area contributed by atoms with Gasteiger partial charge in [-0.15, -0.1) is 0 Å². The largest absolute Gasteiger partial charge is 1.00 e. The topological polar surface area (TPSA) is 29.0 Å². The number of rotatable bonds is 0. The van der Waals surface area contributed by atoms with E-state index < -0.39 is 0 Å². The van der Waals surface area contributed by atoms with Crippen LogP contribution in [0.25, 0.3) is 0 Å². The zero-order chi connectivity index (χ0) is 6.69. The Kier molecular flexibility index (Phi) is 4.83. The van der Waals surface area contributed by atoms with Crippen LogP contribution in [-0.4, -0.2) is 23.0 Å². The van der Waals surface area contributed by atoms with Gasteiger partial charge in [-0.1, -0.05) is 0 Å². The minimum Gasteiger partial charge on any atom is -1.00 e. The van der Waals surface area contributed by atoms with E-state index in [1.807, 2.05) is 4.58 Å². The highest BCUT2D eigenvalue weighted by Crippen LogP contribution is 2.03. The average Bonchev–Trinajstić information content (AvgIpc) is 1.90. The molecular weight excluding hydrogens is 171 g/mol. The Morgan fingerprint density at radius 1 is 1.20 bits per heavy atom. The Hall–Kier alpha value is 0.0500. The highest BCUT2D eigenvalue weighted by Gasteiger charge is 2.09. The van der Waals surface area contributed by atoms with Crippen LogP contribution in [0.1, 0.15) is 19.3 Å². The van der Waals surface area contributed by atoms with Gasteiger partial charge >= 0.3 is 5.29 Å². The molecule has 0 aromatic rings. The van der Waals surface area contributed by atoms with Crippen LogP contribution in [0.3, 0.4) is 0 Å². The molecule has 0 atom stereocenters. The normalized spacial score (nSPS) is 17.9. The van der Waals surface area contributed by atoms with Crippen molar-refractivity contribution < 1.29 is 17.0 Å². The molecule has 0 bridgehead atoms. The summed E-state index contributed by atoms with van der Waals surface area (Å²) in [6, 6.07) is 0. The maximum absolute atomic E-state index is 5.58. The summed E-state index contributed by atoms with van der Waals surface area (Å²) in [4.78, 5) is 0. The molecule has 1 fully saturated rings. The highest BCUT2D eigenvalue weighted by molar-refractivity contribution is 6.62. The number of nitrogens with zero attached hydrogens (tertiary/aromatic N) is 1. The molecule has 1 aliphatic rings. The van der Waals surface area contributed by atoms with Crippen LogP contribution >= 0.6 is 11.6 Å². The van der Waals surface area contributed by atoms with Crippen molar-refractivity contribution in [2.45, 2.75) is 19.3 Å². The number of halogens is 2. The monoisotopic (exact) mass is 182 g/mol. The van der Waals surface area contributed by atoms with Gasteiger partial charge in [0.05, 0.1) is 13.1 Å². The van der Waals surface area contributed by atoms with Gasteiger partial charge in [0.25, 0.3) is 0 Å². The van der Waals surface area contributed by atoms with E-state index in [-0.39, 0.29) is 12.4 Å². The molecule has 1 heterocycles. The first-order valence-electron chi connectivity index (χ1n) is 3.33. The summed E-state index contributed by atoms with van der Waals surface area (Å²) in [6.07, 6.45) is 3.78. The van der Waals surface area contributed by atoms with Gasteiger partial charge in [0.15, 0.2) is 0 Å². The molecule has 0 aromatic carbocycles. The Labute approximate surface area is 72.5 Å². The molecule has 0 unspecified atom stereocenters. The molecule has 1 saturated heterocycles. The molecule has 0 spiro atoms. The first kappa shape index (κ1) is 10.0. The van der Waals surface area contributed by atoms with Crippen molar-refractivity contribution in [3.8, 4) is 0 Å². The molecule has 1 rings (SSSR count). The van der Waals surface area contributed by atoms with Gasteiger partial charge in [-0.05, 0) is 19.3 Å². The van der Waals surface area contributed by atoms with E-state index in [0.717, 1.165) is 13.1 Å². The zero-order valence-corrected chi connectivity index (χ0v) is 7.33. The Morgan fingerprint density at radius 2 is 1.70 bits per heavy atom. The number of nitrogens with two attached hydrogens (primary N) is 1. The van der Waals surface area contributed by atoms with Crippen molar-refractivity contribution in [3.05, 3.63) is 0 Å². The summed E-state index contributed by atoms with van der Waals surface area (Å²) >= 11 is 5.58. The molecule has 2 nitrogen and oxygen atoms in total. The van der Waals surface area contributed by atoms with Gasteiger partial charge in [0.1, 0.15) is 0 Å².